The molecule has 1 fully saturated rings. The summed E-state index contributed by atoms with van der Waals surface area (Å²) in [5.41, 5.74) is 5.95. The fourth-order valence-corrected chi connectivity index (χ4v) is 1.97. The summed E-state index contributed by atoms with van der Waals surface area (Å²) < 4.78 is 10.7. The van der Waals surface area contributed by atoms with Gasteiger partial charge < -0.3 is 15.2 Å². The summed E-state index contributed by atoms with van der Waals surface area (Å²) in [6.07, 6.45) is 3.57. The van der Waals surface area contributed by atoms with Gasteiger partial charge in [0.25, 0.3) is 0 Å². The van der Waals surface area contributed by atoms with Gasteiger partial charge in [-0.3, -0.25) is 0 Å². The summed E-state index contributed by atoms with van der Waals surface area (Å²) >= 11 is 0. The van der Waals surface area contributed by atoms with Crippen molar-refractivity contribution in [2.75, 3.05) is 13.2 Å². The first-order valence-corrected chi connectivity index (χ1v) is 6.23. The van der Waals surface area contributed by atoms with Crippen LogP contribution in [-0.4, -0.2) is 30.2 Å². The van der Waals surface area contributed by atoms with Crippen LogP contribution < -0.4 is 10.5 Å². The molecular formula is C13H18N2O3. The summed E-state index contributed by atoms with van der Waals surface area (Å²) in [5, 5.41) is 0. The minimum atomic E-state index is -0.393. The van der Waals surface area contributed by atoms with Crippen LogP contribution in [0.15, 0.2) is 18.3 Å². The van der Waals surface area contributed by atoms with E-state index in [1.54, 1.807) is 25.3 Å². The molecule has 98 valence electrons. The molecule has 0 radical (unpaired) electrons. The van der Waals surface area contributed by atoms with Crippen LogP contribution in [0, 0.1) is 5.92 Å². The molecule has 0 atom stereocenters. The maximum atomic E-state index is 11.7. The number of nitrogens with two attached hydrogens (primary N) is 1. The SMILES string of the molecule is CCOC(=O)c1cccnc1OC1CC(CN)C1. The Labute approximate surface area is 106 Å². The number of pyridine rings is 1. The fraction of sp³-hybridized carbons (Fsp3) is 0.538. The van der Waals surface area contributed by atoms with Crippen molar-refractivity contribution < 1.29 is 14.3 Å². The second kappa shape index (κ2) is 5.82. The van der Waals surface area contributed by atoms with Gasteiger partial charge in [-0.1, -0.05) is 0 Å². The molecule has 0 bridgehead atoms. The summed E-state index contributed by atoms with van der Waals surface area (Å²) in [6, 6.07) is 3.36. The molecule has 1 aliphatic carbocycles. The minimum absolute atomic E-state index is 0.113. The highest BCUT2D eigenvalue weighted by atomic mass is 16.5. The average Bonchev–Trinajstić information content (AvgIpc) is 2.34. The van der Waals surface area contributed by atoms with Crippen LogP contribution in [0.5, 0.6) is 5.88 Å². The predicted octanol–water partition coefficient (Wildman–Crippen LogP) is 1.37. The van der Waals surface area contributed by atoms with Crippen LogP contribution in [0.2, 0.25) is 0 Å². The molecule has 0 unspecified atom stereocenters. The first-order valence-electron chi connectivity index (χ1n) is 6.23. The molecule has 0 spiro atoms. The molecule has 2 rings (SSSR count). The molecule has 0 aliphatic heterocycles. The largest absolute Gasteiger partial charge is 0.474 e. The van der Waals surface area contributed by atoms with E-state index in [4.69, 9.17) is 15.2 Å². The Balaban J connectivity index is 2.02. The average molecular weight is 250 g/mol. The second-order valence-electron chi connectivity index (χ2n) is 4.39. The first kappa shape index (κ1) is 12.8. The molecule has 1 heterocycles. The van der Waals surface area contributed by atoms with Gasteiger partial charge in [-0.05, 0) is 44.4 Å². The minimum Gasteiger partial charge on any atom is -0.474 e. The van der Waals surface area contributed by atoms with Gasteiger partial charge >= 0.3 is 5.97 Å². The van der Waals surface area contributed by atoms with Crippen molar-refractivity contribution in [3.63, 3.8) is 0 Å². The molecule has 1 aliphatic rings. The third-order valence-corrected chi connectivity index (χ3v) is 3.07. The van der Waals surface area contributed by atoms with E-state index in [1.807, 2.05) is 0 Å². The molecule has 0 aromatic carbocycles. The number of ether oxygens (including phenoxy) is 2. The van der Waals surface area contributed by atoms with Crippen LogP contribution in [0.4, 0.5) is 0 Å². The van der Waals surface area contributed by atoms with Crippen molar-refractivity contribution in [1.29, 1.82) is 0 Å². The zero-order chi connectivity index (χ0) is 13.0. The van der Waals surface area contributed by atoms with Gasteiger partial charge in [-0.15, -0.1) is 0 Å². The fourth-order valence-electron chi connectivity index (χ4n) is 1.97. The van der Waals surface area contributed by atoms with Gasteiger partial charge in [0.2, 0.25) is 5.88 Å². The first-order chi connectivity index (χ1) is 8.74. The van der Waals surface area contributed by atoms with Crippen molar-refractivity contribution >= 4 is 5.97 Å². The number of esters is 1. The zero-order valence-corrected chi connectivity index (χ0v) is 10.5. The van der Waals surface area contributed by atoms with Crippen molar-refractivity contribution in [3.8, 4) is 5.88 Å². The van der Waals surface area contributed by atoms with E-state index < -0.39 is 5.97 Å². The van der Waals surface area contributed by atoms with Gasteiger partial charge in [0.1, 0.15) is 11.7 Å². The lowest BCUT2D eigenvalue weighted by molar-refractivity contribution is 0.0475. The van der Waals surface area contributed by atoms with E-state index in [1.165, 1.54) is 0 Å². The summed E-state index contributed by atoms with van der Waals surface area (Å²) in [6.45, 7) is 2.80. The Kier molecular flexibility index (Phi) is 4.15. The quantitative estimate of drug-likeness (QED) is 0.799. The van der Waals surface area contributed by atoms with E-state index in [2.05, 4.69) is 4.98 Å². The highest BCUT2D eigenvalue weighted by Gasteiger charge is 2.31. The lowest BCUT2D eigenvalue weighted by Gasteiger charge is -2.34. The van der Waals surface area contributed by atoms with Crippen LogP contribution >= 0.6 is 0 Å². The van der Waals surface area contributed by atoms with E-state index in [0.29, 0.717) is 30.5 Å². The Morgan fingerprint density at radius 1 is 1.56 bits per heavy atom. The summed E-state index contributed by atoms with van der Waals surface area (Å²) in [4.78, 5) is 15.8. The molecular weight excluding hydrogens is 232 g/mol. The highest BCUT2D eigenvalue weighted by molar-refractivity contribution is 5.91. The Bertz CT molecular complexity index is 416. The molecule has 1 saturated carbocycles. The molecule has 0 amide bonds. The van der Waals surface area contributed by atoms with Crippen molar-refractivity contribution in [1.82, 2.24) is 4.98 Å². The second-order valence-corrected chi connectivity index (χ2v) is 4.39. The van der Waals surface area contributed by atoms with Gasteiger partial charge in [0.05, 0.1) is 6.61 Å². The number of carbonyl (C=O) groups is 1. The Hall–Kier alpha value is -1.62. The number of hydrogen-bond acceptors (Lipinski definition) is 5. The number of aromatic nitrogens is 1. The molecule has 18 heavy (non-hydrogen) atoms. The van der Waals surface area contributed by atoms with Gasteiger partial charge in [-0.25, -0.2) is 9.78 Å². The third-order valence-electron chi connectivity index (χ3n) is 3.07. The predicted molar refractivity (Wildman–Crippen MR) is 66.4 cm³/mol. The number of nitrogens with zero attached hydrogens (tertiary/aromatic N) is 1. The molecule has 5 heteroatoms. The van der Waals surface area contributed by atoms with Crippen molar-refractivity contribution in [2.45, 2.75) is 25.9 Å². The number of carbonyl (C=O) groups excluding carboxylic acids is 1. The summed E-state index contributed by atoms with van der Waals surface area (Å²) in [7, 11) is 0. The van der Waals surface area contributed by atoms with E-state index >= 15 is 0 Å². The van der Waals surface area contributed by atoms with Gasteiger partial charge in [0, 0.05) is 6.20 Å². The number of hydrogen-bond donors (Lipinski definition) is 1. The van der Waals surface area contributed by atoms with Gasteiger partial charge in [-0.2, -0.15) is 0 Å². The molecule has 1 aromatic heterocycles. The Morgan fingerprint density at radius 3 is 3.00 bits per heavy atom. The maximum Gasteiger partial charge on any atom is 0.343 e. The standard InChI is InChI=1S/C13H18N2O3/c1-2-17-13(16)11-4-3-5-15-12(11)18-10-6-9(7-10)8-14/h3-5,9-10H,2,6-8,14H2,1H3. The van der Waals surface area contributed by atoms with Gasteiger partial charge in [0.15, 0.2) is 0 Å². The van der Waals surface area contributed by atoms with E-state index in [9.17, 15) is 4.79 Å². The van der Waals surface area contributed by atoms with Crippen LogP contribution in [0.25, 0.3) is 0 Å². The monoisotopic (exact) mass is 250 g/mol. The zero-order valence-electron chi connectivity index (χ0n) is 10.5. The van der Waals surface area contributed by atoms with Crippen molar-refractivity contribution in [3.05, 3.63) is 23.9 Å². The highest BCUT2D eigenvalue weighted by Crippen LogP contribution is 2.31. The topological polar surface area (TPSA) is 74.4 Å². The molecule has 0 saturated heterocycles. The van der Waals surface area contributed by atoms with Crippen molar-refractivity contribution in [2.24, 2.45) is 11.7 Å². The summed E-state index contributed by atoms with van der Waals surface area (Å²) in [5.74, 6) is 0.497. The number of rotatable bonds is 5. The van der Waals surface area contributed by atoms with Crippen LogP contribution in [0.3, 0.4) is 0 Å². The molecule has 2 N–H and O–H groups in total. The van der Waals surface area contributed by atoms with E-state index in [-0.39, 0.29) is 6.10 Å². The van der Waals surface area contributed by atoms with Crippen LogP contribution in [0.1, 0.15) is 30.1 Å². The molecule has 5 nitrogen and oxygen atoms in total. The molecule has 1 aromatic rings. The Morgan fingerprint density at radius 2 is 2.33 bits per heavy atom. The third kappa shape index (κ3) is 2.79. The lowest BCUT2D eigenvalue weighted by Crippen LogP contribution is -2.38. The normalized spacial score (nSPS) is 22.1. The van der Waals surface area contributed by atoms with Crippen LogP contribution in [-0.2, 0) is 4.74 Å². The van der Waals surface area contributed by atoms with E-state index in [0.717, 1.165) is 12.8 Å². The smallest absolute Gasteiger partial charge is 0.343 e. The maximum absolute atomic E-state index is 11.7. The lowest BCUT2D eigenvalue weighted by atomic mass is 9.82.